The van der Waals surface area contributed by atoms with Crippen LogP contribution in [0, 0.1) is 37.5 Å². The Balaban J connectivity index is 1.61. The second kappa shape index (κ2) is 7.22. The normalized spacial score (nSPS) is 33.4. The Labute approximate surface area is 155 Å². The fraction of sp³-hybridized carbons (Fsp3) is 0.682. The van der Waals surface area contributed by atoms with Gasteiger partial charge in [0, 0.05) is 12.2 Å². The number of fused-ring (bicyclic) bond motifs is 3. The molecule has 0 N–H and O–H groups in total. The highest BCUT2D eigenvalue weighted by Crippen LogP contribution is 2.48. The quantitative estimate of drug-likeness (QED) is 0.760. The molecule has 1 aliphatic heterocycles. The van der Waals surface area contributed by atoms with Crippen LogP contribution in [0.1, 0.15) is 49.0 Å². The molecule has 5 unspecified atom stereocenters. The first-order chi connectivity index (χ1) is 12.6. The summed E-state index contributed by atoms with van der Waals surface area (Å²) in [6.07, 6.45) is 11.8. The summed E-state index contributed by atoms with van der Waals surface area (Å²) in [6, 6.07) is 0. The first-order valence-electron chi connectivity index (χ1n) is 10.1. The summed E-state index contributed by atoms with van der Waals surface area (Å²) in [5.74, 6) is 3.41. The molecule has 4 nitrogen and oxygen atoms in total. The molecule has 2 heterocycles. The van der Waals surface area contributed by atoms with E-state index < -0.39 is 0 Å². The third-order valence-corrected chi connectivity index (χ3v) is 6.95. The Morgan fingerprint density at radius 3 is 2.85 bits per heavy atom. The summed E-state index contributed by atoms with van der Waals surface area (Å²) in [5.41, 5.74) is 1.51. The van der Waals surface area contributed by atoms with Gasteiger partial charge in [-0.25, -0.2) is 0 Å². The lowest BCUT2D eigenvalue weighted by Gasteiger charge is -2.48. The fourth-order valence-corrected chi connectivity index (χ4v) is 5.48. The van der Waals surface area contributed by atoms with Gasteiger partial charge in [0.15, 0.2) is 5.43 Å². The van der Waals surface area contributed by atoms with Gasteiger partial charge in [0.1, 0.15) is 5.76 Å². The van der Waals surface area contributed by atoms with E-state index in [2.05, 4.69) is 12.2 Å². The van der Waals surface area contributed by atoms with Crippen LogP contribution in [0.4, 0.5) is 0 Å². The van der Waals surface area contributed by atoms with Crippen molar-refractivity contribution in [3.8, 4) is 5.95 Å². The maximum atomic E-state index is 12.9. The summed E-state index contributed by atoms with van der Waals surface area (Å²) in [7, 11) is 1.59. The maximum absolute atomic E-state index is 12.9. The van der Waals surface area contributed by atoms with Gasteiger partial charge in [0.05, 0.1) is 18.8 Å². The van der Waals surface area contributed by atoms with E-state index in [0.29, 0.717) is 47.0 Å². The van der Waals surface area contributed by atoms with Crippen molar-refractivity contribution in [3.63, 3.8) is 0 Å². The molecule has 26 heavy (non-hydrogen) atoms. The van der Waals surface area contributed by atoms with Crippen molar-refractivity contribution in [2.45, 2.75) is 58.5 Å². The predicted octanol–water partition coefficient (Wildman–Crippen LogP) is 4.21. The maximum Gasteiger partial charge on any atom is 0.291 e. The highest BCUT2D eigenvalue weighted by Gasteiger charge is 2.44. The molecule has 0 spiro atoms. The fourth-order valence-electron chi connectivity index (χ4n) is 5.48. The molecular weight excluding hydrogens is 328 g/mol. The van der Waals surface area contributed by atoms with Crippen molar-refractivity contribution in [2.24, 2.45) is 23.7 Å². The lowest BCUT2D eigenvalue weighted by atomic mass is 9.60. The van der Waals surface area contributed by atoms with Gasteiger partial charge in [-0.2, -0.15) is 0 Å². The van der Waals surface area contributed by atoms with E-state index in [4.69, 9.17) is 13.9 Å². The summed E-state index contributed by atoms with van der Waals surface area (Å²) in [4.78, 5) is 12.9. The van der Waals surface area contributed by atoms with Gasteiger partial charge < -0.3 is 13.9 Å². The number of hydrogen-bond acceptors (Lipinski definition) is 4. The first kappa shape index (κ1) is 17.8. The number of methoxy groups -OCH3 is 1. The van der Waals surface area contributed by atoms with E-state index >= 15 is 0 Å². The lowest BCUT2D eigenvalue weighted by molar-refractivity contribution is -0.0846. The first-order valence-corrected chi connectivity index (χ1v) is 10.1. The number of allylic oxidation sites excluding steroid dienone is 2. The van der Waals surface area contributed by atoms with Crippen LogP contribution in [0.5, 0.6) is 5.95 Å². The van der Waals surface area contributed by atoms with Crippen LogP contribution in [0.15, 0.2) is 21.4 Å². The predicted molar refractivity (Wildman–Crippen MR) is 101 cm³/mol. The zero-order valence-electron chi connectivity index (χ0n) is 16.1. The highest BCUT2D eigenvalue weighted by molar-refractivity contribution is 5.31. The van der Waals surface area contributed by atoms with Crippen molar-refractivity contribution >= 4 is 0 Å². The van der Waals surface area contributed by atoms with Crippen LogP contribution in [0.2, 0.25) is 0 Å². The number of ether oxygens (including phenoxy) is 2. The van der Waals surface area contributed by atoms with E-state index in [1.54, 1.807) is 7.11 Å². The van der Waals surface area contributed by atoms with Gasteiger partial charge in [-0.15, -0.1) is 0 Å². The Kier molecular flexibility index (Phi) is 4.96. The number of rotatable bonds is 3. The molecule has 0 aromatic carbocycles. The summed E-state index contributed by atoms with van der Waals surface area (Å²) in [5, 5.41) is 0. The SMILES string of the molecule is COc1oc(C)c(C)c(=O)c1CC1CC=CC2C1CCC1OCCCC12. The molecular formula is C22H30O4. The Morgan fingerprint density at radius 2 is 2.04 bits per heavy atom. The summed E-state index contributed by atoms with van der Waals surface area (Å²) < 4.78 is 17.2. The van der Waals surface area contributed by atoms with Crippen LogP contribution in [-0.2, 0) is 11.2 Å². The molecule has 5 atom stereocenters. The summed E-state index contributed by atoms with van der Waals surface area (Å²) in [6.45, 7) is 4.59. The van der Waals surface area contributed by atoms with E-state index in [-0.39, 0.29) is 5.43 Å². The van der Waals surface area contributed by atoms with Crippen molar-refractivity contribution < 1.29 is 13.9 Å². The third kappa shape index (κ3) is 3.02. The summed E-state index contributed by atoms with van der Waals surface area (Å²) >= 11 is 0. The molecule has 2 fully saturated rings. The highest BCUT2D eigenvalue weighted by atomic mass is 16.6. The van der Waals surface area contributed by atoms with E-state index in [1.165, 1.54) is 19.3 Å². The lowest BCUT2D eigenvalue weighted by Crippen LogP contribution is -2.45. The van der Waals surface area contributed by atoms with Crippen LogP contribution in [0.25, 0.3) is 0 Å². The van der Waals surface area contributed by atoms with Crippen LogP contribution < -0.4 is 10.2 Å². The molecule has 3 aliphatic rings. The van der Waals surface area contributed by atoms with Crippen molar-refractivity contribution in [1.29, 1.82) is 0 Å². The van der Waals surface area contributed by atoms with Crippen LogP contribution in [-0.4, -0.2) is 19.8 Å². The van der Waals surface area contributed by atoms with Gasteiger partial charge in [0.2, 0.25) is 0 Å². The van der Waals surface area contributed by atoms with Gasteiger partial charge in [0.25, 0.3) is 5.95 Å². The van der Waals surface area contributed by atoms with Gasteiger partial charge in [-0.05, 0) is 76.0 Å². The molecule has 1 saturated heterocycles. The molecule has 4 rings (SSSR count). The van der Waals surface area contributed by atoms with E-state index in [1.807, 2.05) is 13.8 Å². The van der Waals surface area contributed by atoms with Gasteiger partial charge in [-0.3, -0.25) is 4.79 Å². The molecule has 1 aromatic rings. The van der Waals surface area contributed by atoms with Crippen molar-refractivity contribution in [1.82, 2.24) is 0 Å². The topological polar surface area (TPSA) is 48.7 Å². The Morgan fingerprint density at radius 1 is 1.19 bits per heavy atom. The molecule has 1 saturated carbocycles. The van der Waals surface area contributed by atoms with Crippen LogP contribution >= 0.6 is 0 Å². The zero-order chi connectivity index (χ0) is 18.3. The molecule has 142 valence electrons. The number of hydrogen-bond donors (Lipinski definition) is 0. The molecule has 2 aliphatic carbocycles. The van der Waals surface area contributed by atoms with E-state index in [9.17, 15) is 4.79 Å². The minimum Gasteiger partial charge on any atom is -0.468 e. The second-order valence-electron chi connectivity index (χ2n) is 8.24. The minimum absolute atomic E-state index is 0.0892. The monoisotopic (exact) mass is 358 g/mol. The molecule has 0 radical (unpaired) electrons. The number of aryl methyl sites for hydroxylation is 1. The molecule has 4 heteroatoms. The van der Waals surface area contributed by atoms with Crippen molar-refractivity contribution in [3.05, 3.63) is 39.3 Å². The Hall–Kier alpha value is -1.55. The average Bonchev–Trinajstić information content (AvgIpc) is 2.68. The zero-order valence-corrected chi connectivity index (χ0v) is 16.1. The van der Waals surface area contributed by atoms with Gasteiger partial charge >= 0.3 is 0 Å². The largest absolute Gasteiger partial charge is 0.468 e. The van der Waals surface area contributed by atoms with Crippen molar-refractivity contribution in [2.75, 3.05) is 13.7 Å². The standard InChI is InChI=1S/C22H30O4/c1-13-14(2)26-22(24-3)19(21(13)23)12-15-6-4-7-17-16(15)9-10-20-18(17)8-5-11-25-20/h4,7,15-18,20H,5-6,8-12H2,1-3H3. The molecule has 1 aromatic heterocycles. The second-order valence-corrected chi connectivity index (χ2v) is 8.24. The van der Waals surface area contributed by atoms with E-state index in [0.717, 1.165) is 31.4 Å². The Bertz CT molecular complexity index is 747. The minimum atomic E-state index is 0.0892. The average molecular weight is 358 g/mol. The molecule has 0 bridgehead atoms. The van der Waals surface area contributed by atoms with Crippen LogP contribution in [0.3, 0.4) is 0 Å². The smallest absolute Gasteiger partial charge is 0.291 e. The third-order valence-electron chi connectivity index (χ3n) is 6.95. The molecule has 0 amide bonds. The van der Waals surface area contributed by atoms with Gasteiger partial charge in [-0.1, -0.05) is 12.2 Å².